The molecule has 1 aliphatic carbocycles. The Bertz CT molecular complexity index is 399. The summed E-state index contributed by atoms with van der Waals surface area (Å²) in [5, 5.41) is 3.57. The predicted molar refractivity (Wildman–Crippen MR) is 91.3 cm³/mol. The zero-order valence-electron chi connectivity index (χ0n) is 14.6. The van der Waals surface area contributed by atoms with Gasteiger partial charge in [-0.25, -0.2) is 8.42 Å². The van der Waals surface area contributed by atoms with E-state index in [2.05, 4.69) is 33.0 Å². The third-order valence-electron chi connectivity index (χ3n) is 4.93. The molecule has 1 N–H and O–H groups in total. The molecule has 0 spiro atoms. The standard InChI is InChI=1S/C17H35NO2S/c1-6-21(19,20)11-7-8-15-12-17(4,5)10-9-16(15)13-18-14(2)3/h14-16,18H,6-13H2,1-5H3. The van der Waals surface area contributed by atoms with Crippen molar-refractivity contribution in [1.29, 1.82) is 0 Å². The van der Waals surface area contributed by atoms with Gasteiger partial charge in [0.2, 0.25) is 0 Å². The minimum absolute atomic E-state index is 0.279. The molecule has 3 nitrogen and oxygen atoms in total. The first kappa shape index (κ1) is 19.0. The summed E-state index contributed by atoms with van der Waals surface area (Å²) in [6, 6.07) is 0.529. The minimum Gasteiger partial charge on any atom is -0.314 e. The fraction of sp³-hybridized carbons (Fsp3) is 1.00. The Morgan fingerprint density at radius 2 is 1.90 bits per heavy atom. The summed E-state index contributed by atoms with van der Waals surface area (Å²) in [6.07, 6.45) is 5.70. The molecule has 21 heavy (non-hydrogen) atoms. The van der Waals surface area contributed by atoms with Crippen molar-refractivity contribution in [3.05, 3.63) is 0 Å². The lowest BCUT2D eigenvalue weighted by atomic mass is 9.66. The van der Waals surface area contributed by atoms with Crippen LogP contribution in [-0.4, -0.2) is 32.5 Å². The SMILES string of the molecule is CCS(=O)(=O)CCCC1CC(C)(C)CCC1CNC(C)C. The maximum Gasteiger partial charge on any atom is 0.150 e. The number of hydrogen-bond donors (Lipinski definition) is 1. The second-order valence-electron chi connectivity index (χ2n) is 7.87. The molecule has 2 atom stereocenters. The van der Waals surface area contributed by atoms with Gasteiger partial charge in [-0.15, -0.1) is 0 Å². The molecule has 0 bridgehead atoms. The summed E-state index contributed by atoms with van der Waals surface area (Å²) >= 11 is 0. The molecule has 0 radical (unpaired) electrons. The van der Waals surface area contributed by atoms with Gasteiger partial charge in [-0.3, -0.25) is 0 Å². The highest BCUT2D eigenvalue weighted by Crippen LogP contribution is 2.43. The largest absolute Gasteiger partial charge is 0.314 e. The van der Waals surface area contributed by atoms with E-state index in [1.54, 1.807) is 6.92 Å². The van der Waals surface area contributed by atoms with Gasteiger partial charge in [0.1, 0.15) is 9.84 Å². The fourth-order valence-electron chi connectivity index (χ4n) is 3.49. The lowest BCUT2D eigenvalue weighted by Gasteiger charge is -2.41. The Morgan fingerprint density at radius 3 is 2.48 bits per heavy atom. The van der Waals surface area contributed by atoms with Crippen LogP contribution in [0.5, 0.6) is 0 Å². The molecule has 0 aliphatic heterocycles. The van der Waals surface area contributed by atoms with Gasteiger partial charge in [-0.1, -0.05) is 34.6 Å². The van der Waals surface area contributed by atoms with E-state index in [-0.39, 0.29) is 5.75 Å². The summed E-state index contributed by atoms with van der Waals surface area (Å²) in [5.41, 5.74) is 0.419. The molecule has 1 fully saturated rings. The normalized spacial score (nSPS) is 26.2. The Balaban J connectivity index is 2.54. The van der Waals surface area contributed by atoms with E-state index < -0.39 is 9.84 Å². The maximum atomic E-state index is 11.7. The number of nitrogens with one attached hydrogen (secondary N) is 1. The molecule has 1 aliphatic rings. The molecule has 0 aromatic rings. The highest BCUT2D eigenvalue weighted by Gasteiger charge is 2.34. The quantitative estimate of drug-likeness (QED) is 0.743. The molecular weight excluding hydrogens is 282 g/mol. The van der Waals surface area contributed by atoms with Crippen LogP contribution in [0.1, 0.15) is 66.7 Å². The average Bonchev–Trinajstić information content (AvgIpc) is 2.36. The molecular formula is C17H35NO2S. The van der Waals surface area contributed by atoms with Crippen LogP contribution in [0.3, 0.4) is 0 Å². The van der Waals surface area contributed by atoms with Crippen molar-refractivity contribution >= 4 is 9.84 Å². The molecule has 1 saturated carbocycles. The number of hydrogen-bond acceptors (Lipinski definition) is 3. The fourth-order valence-corrected chi connectivity index (χ4v) is 4.39. The first-order chi connectivity index (χ1) is 9.65. The Hall–Kier alpha value is -0.0900. The molecule has 1 rings (SSSR count). The highest BCUT2D eigenvalue weighted by molar-refractivity contribution is 7.91. The third-order valence-corrected chi connectivity index (χ3v) is 6.72. The van der Waals surface area contributed by atoms with Gasteiger partial charge < -0.3 is 5.32 Å². The minimum atomic E-state index is -2.81. The van der Waals surface area contributed by atoms with Gasteiger partial charge >= 0.3 is 0 Å². The molecule has 0 aromatic carbocycles. The van der Waals surface area contributed by atoms with Gasteiger partial charge in [0.25, 0.3) is 0 Å². The zero-order chi connectivity index (χ0) is 16.1. The summed E-state index contributed by atoms with van der Waals surface area (Å²) in [4.78, 5) is 0. The van der Waals surface area contributed by atoms with E-state index in [1.807, 2.05) is 0 Å². The summed E-state index contributed by atoms with van der Waals surface area (Å²) < 4.78 is 23.3. The number of rotatable bonds is 8. The first-order valence-electron chi connectivity index (χ1n) is 8.59. The van der Waals surface area contributed by atoms with Gasteiger partial charge in [0.05, 0.1) is 5.75 Å². The van der Waals surface area contributed by atoms with Crippen molar-refractivity contribution < 1.29 is 8.42 Å². The highest BCUT2D eigenvalue weighted by atomic mass is 32.2. The smallest absolute Gasteiger partial charge is 0.150 e. The lowest BCUT2D eigenvalue weighted by molar-refractivity contribution is 0.108. The van der Waals surface area contributed by atoms with Crippen LogP contribution in [0.15, 0.2) is 0 Å². The third kappa shape index (κ3) is 7.14. The van der Waals surface area contributed by atoms with Crippen molar-refractivity contribution in [1.82, 2.24) is 5.32 Å². The maximum absolute atomic E-state index is 11.7. The van der Waals surface area contributed by atoms with Crippen LogP contribution in [-0.2, 0) is 9.84 Å². The molecule has 0 heterocycles. The summed E-state index contributed by atoms with van der Waals surface area (Å²) in [6.45, 7) is 11.9. The van der Waals surface area contributed by atoms with Crippen LogP contribution in [0.25, 0.3) is 0 Å². The van der Waals surface area contributed by atoms with Crippen molar-refractivity contribution in [2.75, 3.05) is 18.1 Å². The van der Waals surface area contributed by atoms with E-state index in [0.717, 1.165) is 19.4 Å². The van der Waals surface area contributed by atoms with Gasteiger partial charge in [0.15, 0.2) is 0 Å². The van der Waals surface area contributed by atoms with Crippen LogP contribution in [0, 0.1) is 17.3 Å². The van der Waals surface area contributed by atoms with E-state index >= 15 is 0 Å². The number of sulfone groups is 1. The Labute approximate surface area is 132 Å². The topological polar surface area (TPSA) is 46.2 Å². The van der Waals surface area contributed by atoms with Gasteiger partial charge in [-0.05, 0) is 55.9 Å². The average molecular weight is 318 g/mol. The molecule has 4 heteroatoms. The molecule has 0 amide bonds. The van der Waals surface area contributed by atoms with Crippen LogP contribution in [0.2, 0.25) is 0 Å². The van der Waals surface area contributed by atoms with Gasteiger partial charge in [0, 0.05) is 11.8 Å². The molecule has 0 aromatic heterocycles. The molecule has 2 unspecified atom stereocenters. The molecule has 126 valence electrons. The van der Waals surface area contributed by atoms with Crippen molar-refractivity contribution in [2.24, 2.45) is 17.3 Å². The first-order valence-corrected chi connectivity index (χ1v) is 10.4. The molecule has 0 saturated heterocycles. The van der Waals surface area contributed by atoms with E-state index in [0.29, 0.717) is 29.0 Å². The van der Waals surface area contributed by atoms with E-state index in [4.69, 9.17) is 0 Å². The second kappa shape index (κ2) is 7.96. The second-order valence-corrected chi connectivity index (χ2v) is 10.3. The van der Waals surface area contributed by atoms with E-state index in [1.165, 1.54) is 19.3 Å². The zero-order valence-corrected chi connectivity index (χ0v) is 15.4. The Kier molecular flexibility index (Phi) is 7.18. The summed E-state index contributed by atoms with van der Waals surface area (Å²) in [7, 11) is -2.81. The monoisotopic (exact) mass is 317 g/mol. The van der Waals surface area contributed by atoms with Crippen LogP contribution >= 0.6 is 0 Å². The van der Waals surface area contributed by atoms with Crippen molar-refractivity contribution in [2.45, 2.75) is 72.8 Å². The van der Waals surface area contributed by atoms with Gasteiger partial charge in [-0.2, -0.15) is 0 Å². The van der Waals surface area contributed by atoms with E-state index in [9.17, 15) is 8.42 Å². The van der Waals surface area contributed by atoms with Crippen molar-refractivity contribution in [3.8, 4) is 0 Å². The lowest BCUT2D eigenvalue weighted by Crippen LogP contribution is -2.38. The summed E-state index contributed by atoms with van der Waals surface area (Å²) in [5.74, 6) is 2.03. The predicted octanol–water partition coefficient (Wildman–Crippen LogP) is 3.64. The van der Waals surface area contributed by atoms with Crippen LogP contribution < -0.4 is 5.32 Å². The van der Waals surface area contributed by atoms with Crippen molar-refractivity contribution in [3.63, 3.8) is 0 Å². The Morgan fingerprint density at radius 1 is 1.24 bits per heavy atom. The van der Waals surface area contributed by atoms with Crippen LogP contribution in [0.4, 0.5) is 0 Å².